The Balaban J connectivity index is 2.52. The summed E-state index contributed by atoms with van der Waals surface area (Å²) in [7, 11) is 0. The highest BCUT2D eigenvalue weighted by molar-refractivity contribution is 14.1. The summed E-state index contributed by atoms with van der Waals surface area (Å²) in [5.74, 6) is -1.70. The van der Waals surface area contributed by atoms with Gasteiger partial charge >= 0.3 is 5.97 Å². The number of rotatable bonds is 4. The van der Waals surface area contributed by atoms with Crippen LogP contribution >= 0.6 is 34.2 Å². The molecule has 0 aliphatic heterocycles. The summed E-state index contributed by atoms with van der Waals surface area (Å²) >= 11 is 8.61. The van der Waals surface area contributed by atoms with Crippen molar-refractivity contribution in [2.24, 2.45) is 4.99 Å². The van der Waals surface area contributed by atoms with Gasteiger partial charge in [0.2, 0.25) is 0 Å². The Labute approximate surface area is 171 Å². The molecule has 0 bridgehead atoms. The highest BCUT2D eigenvalue weighted by atomic mass is 127. The number of hydrogen-bond donors (Lipinski definition) is 2. The molecule has 2 aromatic rings. The first-order valence-corrected chi connectivity index (χ1v) is 9.32. The molecule has 0 atom stereocenters. The maximum atomic E-state index is 11.6. The quantitative estimate of drug-likeness (QED) is 0.243. The molecule has 136 valence electrons. The van der Waals surface area contributed by atoms with Crippen LogP contribution in [0.25, 0.3) is 5.76 Å². The number of nitrogens with zero attached hydrogens (tertiary/aromatic N) is 1. The van der Waals surface area contributed by atoms with Crippen LogP contribution in [-0.4, -0.2) is 22.4 Å². The Morgan fingerprint density at radius 1 is 1.12 bits per heavy atom. The molecule has 0 saturated heterocycles. The highest BCUT2D eigenvalue weighted by Gasteiger charge is 2.22. The van der Waals surface area contributed by atoms with E-state index in [0.29, 0.717) is 10.7 Å². The second kappa shape index (κ2) is 8.22. The lowest BCUT2D eigenvalue weighted by molar-refractivity contribution is -0.132. The van der Waals surface area contributed by atoms with Crippen molar-refractivity contribution in [3.05, 3.63) is 67.8 Å². The van der Waals surface area contributed by atoms with Crippen LogP contribution < -0.4 is 0 Å². The number of benzene rings is 2. The van der Waals surface area contributed by atoms with Crippen LogP contribution in [0.2, 0.25) is 5.02 Å². The van der Waals surface area contributed by atoms with E-state index in [1.54, 1.807) is 24.3 Å². The van der Waals surface area contributed by atoms with Gasteiger partial charge in [0, 0.05) is 15.3 Å². The van der Waals surface area contributed by atoms with Gasteiger partial charge in [-0.25, -0.2) is 4.79 Å². The zero-order valence-electron chi connectivity index (χ0n) is 14.6. The van der Waals surface area contributed by atoms with E-state index in [1.807, 2.05) is 39.0 Å². The van der Waals surface area contributed by atoms with Crippen LogP contribution in [0.4, 0.5) is 5.69 Å². The van der Waals surface area contributed by atoms with Crippen molar-refractivity contribution in [3.63, 3.8) is 0 Å². The summed E-state index contributed by atoms with van der Waals surface area (Å²) in [4.78, 5) is 15.8. The zero-order valence-corrected chi connectivity index (χ0v) is 17.5. The topological polar surface area (TPSA) is 69.9 Å². The first-order valence-electron chi connectivity index (χ1n) is 7.87. The van der Waals surface area contributed by atoms with Crippen LogP contribution in [0.15, 0.2) is 53.0 Å². The molecule has 0 fully saturated rings. The third-order valence-electron chi connectivity index (χ3n) is 3.72. The largest absolute Gasteiger partial charge is 0.506 e. The summed E-state index contributed by atoms with van der Waals surface area (Å²) in [6.45, 7) is 5.99. The van der Waals surface area contributed by atoms with E-state index >= 15 is 0 Å². The molecule has 0 aromatic heterocycles. The minimum Gasteiger partial charge on any atom is -0.506 e. The first kappa shape index (κ1) is 20.5. The fourth-order valence-electron chi connectivity index (χ4n) is 2.32. The van der Waals surface area contributed by atoms with Gasteiger partial charge in [-0.2, -0.15) is 0 Å². The number of carboxylic acids is 1. The van der Waals surface area contributed by atoms with Gasteiger partial charge in [0.1, 0.15) is 11.3 Å². The summed E-state index contributed by atoms with van der Waals surface area (Å²) in [5.41, 5.74) is 1.11. The summed E-state index contributed by atoms with van der Waals surface area (Å²) in [5, 5.41) is 20.4. The Morgan fingerprint density at radius 3 is 2.27 bits per heavy atom. The van der Waals surface area contributed by atoms with Crippen molar-refractivity contribution in [3.8, 4) is 0 Å². The predicted molar refractivity (Wildman–Crippen MR) is 115 cm³/mol. The summed E-state index contributed by atoms with van der Waals surface area (Å²) in [6.07, 6.45) is 1.14. The van der Waals surface area contributed by atoms with Gasteiger partial charge in [-0.15, -0.1) is 0 Å². The van der Waals surface area contributed by atoms with Crippen molar-refractivity contribution < 1.29 is 15.0 Å². The maximum Gasteiger partial charge on any atom is 0.341 e. The molecule has 6 heteroatoms. The van der Waals surface area contributed by atoms with Crippen molar-refractivity contribution in [1.82, 2.24) is 0 Å². The molecule has 2 aromatic carbocycles. The smallest absolute Gasteiger partial charge is 0.341 e. The molecule has 4 nitrogen and oxygen atoms in total. The van der Waals surface area contributed by atoms with E-state index in [9.17, 15) is 15.0 Å². The Hall–Kier alpha value is -1.86. The molecule has 2 rings (SSSR count). The average Bonchev–Trinajstić information content (AvgIpc) is 2.55. The molecule has 0 unspecified atom stereocenters. The summed E-state index contributed by atoms with van der Waals surface area (Å²) in [6, 6.07) is 12.5. The van der Waals surface area contributed by atoms with Gasteiger partial charge in [0.25, 0.3) is 0 Å². The van der Waals surface area contributed by atoms with Gasteiger partial charge in [-0.05, 0) is 63.9 Å². The van der Waals surface area contributed by atoms with Crippen LogP contribution in [0, 0.1) is 3.57 Å². The molecule has 0 aliphatic carbocycles. The number of aliphatic hydroxyl groups excluding tert-OH is 1. The number of aliphatic carboxylic acids is 1. The molecule has 26 heavy (non-hydrogen) atoms. The maximum absolute atomic E-state index is 11.6. The lowest BCUT2D eigenvalue weighted by Gasteiger charge is -2.22. The van der Waals surface area contributed by atoms with E-state index in [2.05, 4.69) is 27.6 Å². The minimum absolute atomic E-state index is 0.244. The molecule has 0 saturated carbocycles. The summed E-state index contributed by atoms with van der Waals surface area (Å²) < 4.78 is 1.05. The van der Waals surface area contributed by atoms with E-state index in [0.717, 1.165) is 15.3 Å². The molecule has 0 aliphatic rings. The second-order valence-electron chi connectivity index (χ2n) is 6.72. The number of aliphatic hydroxyl groups is 1. The van der Waals surface area contributed by atoms with Crippen LogP contribution in [0.1, 0.15) is 31.9 Å². The fraction of sp³-hybridized carbons (Fsp3) is 0.200. The normalized spacial score (nSPS) is 13.0. The number of aliphatic imine (C=N–C) groups is 1. The number of carbonyl (C=O) groups is 1. The third kappa shape index (κ3) is 4.86. The van der Waals surface area contributed by atoms with E-state index in [4.69, 9.17) is 11.6 Å². The van der Waals surface area contributed by atoms with Crippen LogP contribution in [0.3, 0.4) is 0 Å². The van der Waals surface area contributed by atoms with Gasteiger partial charge in [-0.3, -0.25) is 4.99 Å². The van der Waals surface area contributed by atoms with Gasteiger partial charge in [0.15, 0.2) is 0 Å². The molecule has 0 heterocycles. The molecule has 2 N–H and O–H groups in total. The lowest BCUT2D eigenvalue weighted by Crippen LogP contribution is -2.13. The molecular formula is C20H19ClINO3. The van der Waals surface area contributed by atoms with Gasteiger partial charge in [0.05, 0.1) is 10.7 Å². The Morgan fingerprint density at radius 2 is 1.73 bits per heavy atom. The van der Waals surface area contributed by atoms with Gasteiger partial charge < -0.3 is 10.2 Å². The van der Waals surface area contributed by atoms with Crippen molar-refractivity contribution in [2.45, 2.75) is 26.2 Å². The van der Waals surface area contributed by atoms with Crippen molar-refractivity contribution in [1.29, 1.82) is 0 Å². The van der Waals surface area contributed by atoms with E-state index in [1.165, 1.54) is 0 Å². The molecule has 0 radical (unpaired) electrons. The predicted octanol–water partition coefficient (Wildman–Crippen LogP) is 6.00. The Bertz CT molecular complexity index is 881. The van der Waals surface area contributed by atoms with E-state index < -0.39 is 11.7 Å². The van der Waals surface area contributed by atoms with Crippen LogP contribution in [-0.2, 0) is 10.2 Å². The third-order valence-corrected chi connectivity index (χ3v) is 4.84. The SMILES string of the molecule is CC(C)(C)c1cccc(C(O)=C(C=Nc2ccc(I)cc2)C(=O)O)c1Cl. The lowest BCUT2D eigenvalue weighted by atomic mass is 9.85. The monoisotopic (exact) mass is 483 g/mol. The number of hydrogen-bond acceptors (Lipinski definition) is 3. The highest BCUT2D eigenvalue weighted by Crippen LogP contribution is 2.34. The number of halogens is 2. The average molecular weight is 484 g/mol. The minimum atomic E-state index is -1.28. The van der Waals surface area contributed by atoms with Crippen molar-refractivity contribution in [2.75, 3.05) is 0 Å². The molecule has 0 amide bonds. The van der Waals surface area contributed by atoms with Crippen molar-refractivity contribution >= 4 is 57.8 Å². The molecule has 0 spiro atoms. The Kier molecular flexibility index (Phi) is 6.47. The van der Waals surface area contributed by atoms with E-state index in [-0.39, 0.29) is 16.6 Å². The van der Waals surface area contributed by atoms with Gasteiger partial charge in [-0.1, -0.05) is 44.5 Å². The zero-order chi connectivity index (χ0) is 19.5. The van der Waals surface area contributed by atoms with Crippen LogP contribution in [0.5, 0.6) is 0 Å². The standard InChI is InChI=1S/C20H19ClINO3/c1-20(2,3)16-6-4-5-14(17(16)21)18(24)15(19(25)26)11-23-13-9-7-12(22)8-10-13/h4-11,24H,1-3H3,(H,25,26). The first-order chi connectivity index (χ1) is 12.1. The number of carboxylic acid groups (broad SMARTS) is 1. The fourth-order valence-corrected chi connectivity index (χ4v) is 3.18. The molecular weight excluding hydrogens is 465 g/mol. The second-order valence-corrected chi connectivity index (χ2v) is 8.34.